The second-order valence-electron chi connectivity index (χ2n) is 7.25. The first-order valence-electron chi connectivity index (χ1n) is 9.36. The van der Waals surface area contributed by atoms with Gasteiger partial charge in [-0.25, -0.2) is 13.2 Å². The van der Waals surface area contributed by atoms with Crippen LogP contribution in [0.3, 0.4) is 0 Å². The molecule has 1 unspecified atom stereocenters. The molecule has 0 spiro atoms. The van der Waals surface area contributed by atoms with E-state index in [1.165, 1.54) is 9.21 Å². The van der Waals surface area contributed by atoms with Gasteiger partial charge in [-0.3, -0.25) is 9.69 Å². The number of aliphatic imine (C=N–C) groups is 1. The number of carbonyl (C=O) groups excluding carboxylic acids is 2. The van der Waals surface area contributed by atoms with Crippen LogP contribution in [0.25, 0.3) is 0 Å². The van der Waals surface area contributed by atoms with Gasteiger partial charge in [-0.2, -0.15) is 9.30 Å². The van der Waals surface area contributed by atoms with Gasteiger partial charge in [0.2, 0.25) is 15.9 Å². The van der Waals surface area contributed by atoms with Crippen LogP contribution in [0, 0.1) is 12.8 Å². The molecule has 0 saturated carbocycles. The Labute approximate surface area is 174 Å². The third-order valence-corrected chi connectivity index (χ3v) is 8.01. The number of carbonyl (C=O) groups is 2. The number of hydrogen-bond donors (Lipinski definition) is 0. The van der Waals surface area contributed by atoms with Crippen molar-refractivity contribution < 1.29 is 18.0 Å². The van der Waals surface area contributed by atoms with Crippen LogP contribution in [0.4, 0.5) is 4.79 Å². The second kappa shape index (κ2) is 7.51. The van der Waals surface area contributed by atoms with Crippen LogP contribution in [0.2, 0.25) is 5.02 Å². The normalized spacial score (nSPS) is 23.3. The Morgan fingerprint density at radius 3 is 2.59 bits per heavy atom. The van der Waals surface area contributed by atoms with Gasteiger partial charge in [0, 0.05) is 24.2 Å². The summed E-state index contributed by atoms with van der Waals surface area (Å²) in [6, 6.07) is 3.86. The lowest BCUT2D eigenvalue weighted by Crippen LogP contribution is -2.54. The minimum Gasteiger partial charge on any atom is -0.273 e. The van der Waals surface area contributed by atoms with Gasteiger partial charge in [0.1, 0.15) is 0 Å². The summed E-state index contributed by atoms with van der Waals surface area (Å²) >= 11 is 6.08. The van der Waals surface area contributed by atoms with Crippen molar-refractivity contribution in [1.29, 1.82) is 0 Å². The van der Waals surface area contributed by atoms with Gasteiger partial charge < -0.3 is 0 Å². The summed E-state index contributed by atoms with van der Waals surface area (Å²) in [5, 5.41) is 0.397. The van der Waals surface area contributed by atoms with Crippen LogP contribution in [-0.4, -0.2) is 54.4 Å². The molecule has 1 atom stereocenters. The average molecular weight is 434 g/mol. The van der Waals surface area contributed by atoms with Crippen LogP contribution in [-0.2, 0) is 14.8 Å². The first-order chi connectivity index (χ1) is 13.8. The van der Waals surface area contributed by atoms with E-state index < -0.39 is 22.0 Å². The van der Waals surface area contributed by atoms with Gasteiger partial charge in [0.15, 0.2) is 0 Å². The van der Waals surface area contributed by atoms with Crippen LogP contribution in [0.15, 0.2) is 52.4 Å². The number of halogens is 1. The van der Waals surface area contributed by atoms with Crippen molar-refractivity contribution in [3.63, 3.8) is 0 Å². The summed E-state index contributed by atoms with van der Waals surface area (Å²) in [6.07, 6.45) is 7.63. The lowest BCUT2D eigenvalue weighted by Gasteiger charge is -2.39. The highest BCUT2D eigenvalue weighted by Gasteiger charge is 2.42. The Kier molecular flexibility index (Phi) is 5.18. The van der Waals surface area contributed by atoms with Gasteiger partial charge in [-0.05, 0) is 43.5 Å². The van der Waals surface area contributed by atoms with E-state index in [0.717, 1.165) is 0 Å². The van der Waals surface area contributed by atoms with E-state index in [1.54, 1.807) is 49.4 Å². The van der Waals surface area contributed by atoms with E-state index >= 15 is 0 Å². The van der Waals surface area contributed by atoms with Crippen LogP contribution < -0.4 is 0 Å². The molecule has 1 aromatic rings. The highest BCUT2D eigenvalue weighted by atomic mass is 35.5. The molecule has 29 heavy (non-hydrogen) atoms. The molecule has 1 fully saturated rings. The van der Waals surface area contributed by atoms with Crippen molar-refractivity contribution in [2.24, 2.45) is 10.9 Å². The lowest BCUT2D eigenvalue weighted by molar-refractivity contribution is -0.131. The van der Waals surface area contributed by atoms with Crippen LogP contribution in [0.1, 0.15) is 18.4 Å². The minimum atomic E-state index is -3.70. The van der Waals surface area contributed by atoms with Gasteiger partial charge in [-0.15, -0.1) is 0 Å². The average Bonchev–Trinajstić information content (AvgIpc) is 2.70. The SMILES string of the molecule is Cc1c(Cl)cccc1S(=O)(=O)N1CCC(N2C(=O)N=C3C=CC=CC3C2=O)CC1. The van der Waals surface area contributed by atoms with Gasteiger partial charge in [0.25, 0.3) is 0 Å². The molecule has 4 rings (SSSR count). The van der Waals surface area contributed by atoms with Crippen molar-refractivity contribution in [2.75, 3.05) is 13.1 Å². The number of rotatable bonds is 3. The molecule has 3 amide bonds. The number of hydrogen-bond acceptors (Lipinski definition) is 4. The Balaban J connectivity index is 1.51. The quantitative estimate of drug-likeness (QED) is 0.733. The first kappa shape index (κ1) is 20.0. The summed E-state index contributed by atoms with van der Waals surface area (Å²) in [5.41, 5.74) is 0.965. The molecule has 7 nitrogen and oxygen atoms in total. The summed E-state index contributed by atoms with van der Waals surface area (Å²) < 4.78 is 27.5. The van der Waals surface area contributed by atoms with Crippen molar-refractivity contribution >= 4 is 39.3 Å². The Hall–Kier alpha value is -2.29. The molecule has 3 aliphatic rings. The molecule has 1 aliphatic carbocycles. The zero-order valence-corrected chi connectivity index (χ0v) is 17.4. The number of fused-ring (bicyclic) bond motifs is 1. The molecule has 1 saturated heterocycles. The molecule has 2 aliphatic heterocycles. The molecule has 0 bridgehead atoms. The van der Waals surface area contributed by atoms with E-state index in [4.69, 9.17) is 11.6 Å². The van der Waals surface area contributed by atoms with E-state index in [0.29, 0.717) is 29.1 Å². The molecular weight excluding hydrogens is 414 g/mol. The fourth-order valence-electron chi connectivity index (χ4n) is 3.94. The maximum atomic E-state index is 13.0. The maximum absolute atomic E-state index is 13.0. The molecule has 0 N–H and O–H groups in total. The molecule has 1 aromatic carbocycles. The van der Waals surface area contributed by atoms with Crippen LogP contribution in [0.5, 0.6) is 0 Å². The number of amides is 3. The van der Waals surface area contributed by atoms with Crippen molar-refractivity contribution in [3.8, 4) is 0 Å². The molecule has 152 valence electrons. The fraction of sp³-hybridized carbons (Fsp3) is 0.350. The maximum Gasteiger partial charge on any atom is 0.350 e. The molecule has 0 aromatic heterocycles. The van der Waals surface area contributed by atoms with Crippen molar-refractivity contribution in [2.45, 2.75) is 30.7 Å². The zero-order chi connectivity index (χ0) is 20.8. The van der Waals surface area contributed by atoms with E-state index in [9.17, 15) is 18.0 Å². The fourth-order valence-corrected chi connectivity index (χ4v) is 5.89. The second-order valence-corrected chi connectivity index (χ2v) is 9.56. The number of benzene rings is 1. The Morgan fingerprint density at radius 1 is 1.14 bits per heavy atom. The van der Waals surface area contributed by atoms with Crippen molar-refractivity contribution in [1.82, 2.24) is 9.21 Å². The van der Waals surface area contributed by atoms with E-state index in [1.807, 2.05) is 0 Å². The summed E-state index contributed by atoms with van der Waals surface area (Å²) in [6.45, 7) is 2.11. The number of nitrogens with zero attached hydrogens (tertiary/aromatic N) is 3. The highest BCUT2D eigenvalue weighted by Crippen LogP contribution is 2.30. The smallest absolute Gasteiger partial charge is 0.273 e. The molecule has 2 heterocycles. The predicted molar refractivity (Wildman–Crippen MR) is 109 cm³/mol. The Bertz CT molecular complexity index is 1070. The highest BCUT2D eigenvalue weighted by molar-refractivity contribution is 7.89. The number of allylic oxidation sites excluding steroid dienone is 3. The van der Waals surface area contributed by atoms with Crippen LogP contribution >= 0.6 is 11.6 Å². The minimum absolute atomic E-state index is 0.182. The molecule has 9 heteroatoms. The predicted octanol–water partition coefficient (Wildman–Crippen LogP) is 2.95. The standard InChI is InChI=1S/C20H20ClN3O4S/c1-13-16(21)6-4-8-18(13)29(27,28)23-11-9-14(10-12-23)24-19(25)15-5-2-3-7-17(15)22-20(24)26/h2-8,14-15H,9-12H2,1H3. The Morgan fingerprint density at radius 2 is 1.86 bits per heavy atom. The van der Waals surface area contributed by atoms with E-state index in [-0.39, 0.29) is 29.9 Å². The summed E-state index contributed by atoms with van der Waals surface area (Å²) in [7, 11) is -3.70. The van der Waals surface area contributed by atoms with Gasteiger partial charge in [0.05, 0.1) is 16.5 Å². The third kappa shape index (κ3) is 3.45. The summed E-state index contributed by atoms with van der Waals surface area (Å²) in [4.78, 5) is 30.7. The zero-order valence-electron chi connectivity index (χ0n) is 15.8. The molecular formula is C20H20ClN3O4S. The first-order valence-corrected chi connectivity index (χ1v) is 11.2. The lowest BCUT2D eigenvalue weighted by atomic mass is 9.93. The van der Waals surface area contributed by atoms with Crippen molar-refractivity contribution in [3.05, 3.63) is 53.1 Å². The van der Waals surface area contributed by atoms with Gasteiger partial charge in [-0.1, -0.05) is 35.9 Å². The van der Waals surface area contributed by atoms with Gasteiger partial charge >= 0.3 is 6.03 Å². The molecule has 0 radical (unpaired) electrons. The monoisotopic (exact) mass is 433 g/mol. The number of imide groups is 1. The number of urea groups is 1. The number of sulfonamides is 1. The number of piperidine rings is 1. The largest absolute Gasteiger partial charge is 0.350 e. The van der Waals surface area contributed by atoms with E-state index in [2.05, 4.69) is 4.99 Å². The topological polar surface area (TPSA) is 87.1 Å². The summed E-state index contributed by atoms with van der Waals surface area (Å²) in [5.74, 6) is -0.846. The third-order valence-electron chi connectivity index (χ3n) is 5.56.